The van der Waals surface area contributed by atoms with Crippen molar-refractivity contribution in [1.82, 2.24) is 0 Å². The van der Waals surface area contributed by atoms with Crippen LogP contribution in [0.4, 0.5) is 10.5 Å². The highest BCUT2D eigenvalue weighted by Gasteiger charge is 2.26. The predicted octanol–water partition coefficient (Wildman–Crippen LogP) is 3.70. The van der Waals surface area contributed by atoms with E-state index in [-0.39, 0.29) is 11.3 Å². The van der Waals surface area contributed by atoms with Crippen LogP contribution in [0.3, 0.4) is 0 Å². The molecule has 0 saturated heterocycles. The largest absolute Gasteiger partial charge is 0.451 e. The van der Waals surface area contributed by atoms with Crippen molar-refractivity contribution in [2.45, 2.75) is 58.2 Å². The molecule has 1 aromatic rings. The van der Waals surface area contributed by atoms with E-state index < -0.39 is 23.8 Å². The lowest BCUT2D eigenvalue weighted by Crippen LogP contribution is -2.30. The van der Waals surface area contributed by atoms with Gasteiger partial charge in [-0.25, -0.2) is 9.59 Å². The van der Waals surface area contributed by atoms with E-state index in [1.165, 1.54) is 6.07 Å². The number of nitrogens with one attached hydrogen (secondary N) is 1. The Labute approximate surface area is 141 Å². The third kappa shape index (κ3) is 5.37. The Kier molecular flexibility index (Phi) is 5.59. The zero-order valence-corrected chi connectivity index (χ0v) is 14.3. The number of esters is 1. The Morgan fingerprint density at radius 2 is 1.96 bits per heavy atom. The van der Waals surface area contributed by atoms with Crippen LogP contribution in [0, 0.1) is 0 Å². The molecule has 1 aliphatic carbocycles. The van der Waals surface area contributed by atoms with Crippen LogP contribution in [-0.4, -0.2) is 29.6 Å². The second-order valence-corrected chi connectivity index (χ2v) is 6.81. The monoisotopic (exact) mass is 333 g/mol. The standard InChI is InChI=1S/C18H23NO5/c1-18(2,3)24-17(22)19-13-8-6-7-12(11-13)16(21)23-15-10-5-4-9-14(15)20/h6-8,11,15H,4-5,9-10H2,1-3H3,(H,19,22)/t15-/m0/s1. The first-order valence-electron chi connectivity index (χ1n) is 8.08. The minimum atomic E-state index is -0.659. The van der Waals surface area contributed by atoms with Gasteiger partial charge in [0.15, 0.2) is 11.9 Å². The normalized spacial score (nSPS) is 18.0. The summed E-state index contributed by atoms with van der Waals surface area (Å²) in [5.74, 6) is -0.597. The second-order valence-electron chi connectivity index (χ2n) is 6.81. The molecule has 24 heavy (non-hydrogen) atoms. The number of Topliss-reactive ketones (excluding diaryl/α,β-unsaturated/α-hetero) is 1. The number of hydrogen-bond donors (Lipinski definition) is 1. The van der Waals surface area contributed by atoms with E-state index in [9.17, 15) is 14.4 Å². The Hall–Kier alpha value is -2.37. The lowest BCUT2D eigenvalue weighted by Gasteiger charge is -2.21. The molecule has 1 fully saturated rings. The van der Waals surface area contributed by atoms with Crippen molar-refractivity contribution >= 4 is 23.5 Å². The molecule has 0 aliphatic heterocycles. The van der Waals surface area contributed by atoms with Gasteiger partial charge in [0, 0.05) is 12.1 Å². The molecule has 2 rings (SSSR count). The summed E-state index contributed by atoms with van der Waals surface area (Å²) < 4.78 is 10.5. The van der Waals surface area contributed by atoms with Crippen molar-refractivity contribution < 1.29 is 23.9 Å². The summed E-state index contributed by atoms with van der Waals surface area (Å²) in [4.78, 5) is 35.7. The van der Waals surface area contributed by atoms with Crippen LogP contribution >= 0.6 is 0 Å². The molecule has 0 aromatic heterocycles. The molecule has 6 nitrogen and oxygen atoms in total. The van der Waals surface area contributed by atoms with E-state index >= 15 is 0 Å². The van der Waals surface area contributed by atoms with Crippen molar-refractivity contribution in [2.24, 2.45) is 0 Å². The fraction of sp³-hybridized carbons (Fsp3) is 0.500. The number of benzene rings is 1. The second kappa shape index (κ2) is 7.47. The van der Waals surface area contributed by atoms with Crippen LogP contribution in [0.2, 0.25) is 0 Å². The van der Waals surface area contributed by atoms with Crippen molar-refractivity contribution in [3.05, 3.63) is 29.8 Å². The van der Waals surface area contributed by atoms with Gasteiger partial charge >= 0.3 is 12.1 Å². The van der Waals surface area contributed by atoms with Gasteiger partial charge in [0.1, 0.15) is 5.60 Å². The van der Waals surface area contributed by atoms with Gasteiger partial charge < -0.3 is 9.47 Å². The van der Waals surface area contributed by atoms with Gasteiger partial charge in [0.2, 0.25) is 0 Å². The van der Waals surface area contributed by atoms with Crippen LogP contribution < -0.4 is 5.32 Å². The summed E-state index contributed by atoms with van der Waals surface area (Å²) in [6, 6.07) is 6.36. The maximum atomic E-state index is 12.2. The molecule has 1 aromatic carbocycles. The Bertz CT molecular complexity index is 633. The summed E-state index contributed by atoms with van der Waals surface area (Å²) in [6.45, 7) is 5.30. The van der Waals surface area contributed by atoms with Gasteiger partial charge in [-0.2, -0.15) is 0 Å². The number of amides is 1. The van der Waals surface area contributed by atoms with E-state index in [4.69, 9.17) is 9.47 Å². The number of rotatable bonds is 3. The first kappa shape index (κ1) is 18.0. The highest BCUT2D eigenvalue weighted by Crippen LogP contribution is 2.20. The molecule has 1 N–H and O–H groups in total. The zero-order chi connectivity index (χ0) is 17.7. The molecular formula is C18H23NO5. The first-order chi connectivity index (χ1) is 11.2. The number of carbonyl (C=O) groups excluding carboxylic acids is 3. The van der Waals surface area contributed by atoms with Crippen molar-refractivity contribution in [3.63, 3.8) is 0 Å². The van der Waals surface area contributed by atoms with Crippen molar-refractivity contribution in [2.75, 3.05) is 5.32 Å². The van der Waals surface area contributed by atoms with Gasteiger partial charge in [-0.3, -0.25) is 10.1 Å². The molecule has 1 aliphatic rings. The number of ether oxygens (including phenoxy) is 2. The molecule has 0 heterocycles. The summed E-state index contributed by atoms with van der Waals surface area (Å²) in [5, 5.41) is 2.57. The lowest BCUT2D eigenvalue weighted by atomic mass is 9.96. The lowest BCUT2D eigenvalue weighted by molar-refractivity contribution is -0.129. The molecule has 0 unspecified atom stereocenters. The molecule has 0 spiro atoms. The molecule has 130 valence electrons. The maximum absolute atomic E-state index is 12.2. The van der Waals surface area contributed by atoms with Gasteiger partial charge in [0.05, 0.1) is 5.56 Å². The minimum absolute atomic E-state index is 0.0300. The number of hydrogen-bond acceptors (Lipinski definition) is 5. The fourth-order valence-corrected chi connectivity index (χ4v) is 2.42. The highest BCUT2D eigenvalue weighted by atomic mass is 16.6. The van der Waals surface area contributed by atoms with Crippen molar-refractivity contribution in [3.8, 4) is 0 Å². The Morgan fingerprint density at radius 3 is 2.62 bits per heavy atom. The topological polar surface area (TPSA) is 81.7 Å². The van der Waals surface area contributed by atoms with Crippen LogP contribution in [-0.2, 0) is 14.3 Å². The van der Waals surface area contributed by atoms with Gasteiger partial charge in [0.25, 0.3) is 0 Å². The Balaban J connectivity index is 2.00. The van der Waals surface area contributed by atoms with E-state index in [1.54, 1.807) is 39.0 Å². The first-order valence-corrected chi connectivity index (χ1v) is 8.08. The van der Waals surface area contributed by atoms with E-state index in [0.717, 1.165) is 12.8 Å². The minimum Gasteiger partial charge on any atom is -0.451 e. The molecule has 6 heteroatoms. The molecule has 0 bridgehead atoms. The van der Waals surface area contributed by atoms with Crippen LogP contribution in [0.5, 0.6) is 0 Å². The Morgan fingerprint density at radius 1 is 1.21 bits per heavy atom. The SMILES string of the molecule is CC(C)(C)OC(=O)Nc1cccc(C(=O)O[C@H]2CCCCC2=O)c1. The van der Waals surface area contributed by atoms with Crippen molar-refractivity contribution in [1.29, 1.82) is 0 Å². The van der Waals surface area contributed by atoms with E-state index in [2.05, 4.69) is 5.32 Å². The summed E-state index contributed by atoms with van der Waals surface area (Å²) in [6.07, 6.45) is 1.49. The zero-order valence-electron chi connectivity index (χ0n) is 14.3. The number of carbonyl (C=O) groups is 3. The molecular weight excluding hydrogens is 310 g/mol. The smallest absolute Gasteiger partial charge is 0.412 e. The molecule has 0 radical (unpaired) electrons. The average molecular weight is 333 g/mol. The van der Waals surface area contributed by atoms with E-state index in [1.807, 2.05) is 0 Å². The average Bonchev–Trinajstić information content (AvgIpc) is 2.48. The third-order valence-corrected chi connectivity index (χ3v) is 3.49. The summed E-state index contributed by atoms with van der Waals surface area (Å²) in [5.41, 5.74) is 0.0951. The number of ketones is 1. The van der Waals surface area contributed by atoms with Gasteiger partial charge in [-0.15, -0.1) is 0 Å². The van der Waals surface area contributed by atoms with Gasteiger partial charge in [-0.1, -0.05) is 6.07 Å². The number of anilines is 1. The molecule has 1 atom stereocenters. The third-order valence-electron chi connectivity index (χ3n) is 3.49. The predicted molar refractivity (Wildman–Crippen MR) is 89.0 cm³/mol. The summed E-state index contributed by atoms with van der Waals surface area (Å²) >= 11 is 0. The molecule has 1 saturated carbocycles. The van der Waals surface area contributed by atoms with E-state index in [0.29, 0.717) is 18.5 Å². The highest BCUT2D eigenvalue weighted by molar-refractivity contribution is 5.95. The molecule has 1 amide bonds. The summed E-state index contributed by atoms with van der Waals surface area (Å²) in [7, 11) is 0. The fourth-order valence-electron chi connectivity index (χ4n) is 2.42. The van der Waals surface area contributed by atoms with Crippen LogP contribution in [0.1, 0.15) is 56.8 Å². The quantitative estimate of drug-likeness (QED) is 0.853. The van der Waals surface area contributed by atoms with Crippen LogP contribution in [0.15, 0.2) is 24.3 Å². The maximum Gasteiger partial charge on any atom is 0.412 e. The van der Waals surface area contributed by atoms with Gasteiger partial charge in [-0.05, 0) is 58.2 Å². The van der Waals surface area contributed by atoms with Crippen LogP contribution in [0.25, 0.3) is 0 Å².